The first kappa shape index (κ1) is 23.9. The summed E-state index contributed by atoms with van der Waals surface area (Å²) in [5.41, 5.74) is 0. The average Bonchev–Trinajstić information content (AvgIpc) is 3.13. The third-order valence-corrected chi connectivity index (χ3v) is 4.99. The maximum Gasteiger partial charge on any atom is 0.191 e. The Bertz CT molecular complexity index is 371. The number of nitrogens with zero attached hydrogens (tertiary/aromatic N) is 2. The monoisotopic (exact) mass is 482 g/mol. The Hall–Kier alpha value is -0.120. The highest BCUT2D eigenvalue weighted by Gasteiger charge is 2.15. The predicted molar refractivity (Wildman–Crippen MR) is 119 cm³/mol. The van der Waals surface area contributed by atoms with Crippen molar-refractivity contribution in [3.8, 4) is 0 Å². The van der Waals surface area contributed by atoms with Crippen LogP contribution >= 0.6 is 24.0 Å². The van der Waals surface area contributed by atoms with Crippen molar-refractivity contribution < 1.29 is 9.47 Å². The molecule has 1 atom stereocenters. The Morgan fingerprint density at radius 2 is 2.04 bits per heavy atom. The SMILES string of the molecule is CCNC(=NCCCOCC1CCCO1)NCCN1CCC(C)CC1.I. The van der Waals surface area contributed by atoms with E-state index in [9.17, 15) is 0 Å². The lowest BCUT2D eigenvalue weighted by Gasteiger charge is -2.30. The van der Waals surface area contributed by atoms with Crippen LogP contribution in [0.15, 0.2) is 4.99 Å². The molecule has 6 nitrogen and oxygen atoms in total. The van der Waals surface area contributed by atoms with Crippen LogP contribution < -0.4 is 10.6 Å². The summed E-state index contributed by atoms with van der Waals surface area (Å²) in [6.45, 7) is 13.1. The van der Waals surface area contributed by atoms with Crippen LogP contribution in [0.5, 0.6) is 0 Å². The van der Waals surface area contributed by atoms with Gasteiger partial charge in [0.05, 0.1) is 12.7 Å². The molecule has 2 fully saturated rings. The van der Waals surface area contributed by atoms with Crippen LogP contribution in [0.2, 0.25) is 0 Å². The number of guanidine groups is 1. The number of ether oxygens (including phenoxy) is 2. The molecule has 2 rings (SSSR count). The zero-order chi connectivity index (χ0) is 17.7. The van der Waals surface area contributed by atoms with Gasteiger partial charge in [-0.1, -0.05) is 6.92 Å². The Balaban J connectivity index is 0.00000338. The Kier molecular flexibility index (Phi) is 13.7. The molecular weight excluding hydrogens is 443 g/mol. The molecule has 0 amide bonds. The van der Waals surface area contributed by atoms with Crippen molar-refractivity contribution in [2.24, 2.45) is 10.9 Å². The fourth-order valence-corrected chi connectivity index (χ4v) is 3.31. The molecule has 0 aromatic heterocycles. The first-order valence-corrected chi connectivity index (χ1v) is 10.2. The number of hydrogen-bond donors (Lipinski definition) is 2. The quantitative estimate of drug-likeness (QED) is 0.217. The number of rotatable bonds is 10. The molecule has 0 aromatic carbocycles. The van der Waals surface area contributed by atoms with Crippen molar-refractivity contribution in [2.75, 3.05) is 59.1 Å². The molecular formula is C19H39IN4O2. The topological polar surface area (TPSA) is 58.1 Å². The minimum absolute atomic E-state index is 0. The first-order valence-electron chi connectivity index (χ1n) is 10.2. The molecule has 0 radical (unpaired) electrons. The van der Waals surface area contributed by atoms with Gasteiger partial charge in [-0.2, -0.15) is 0 Å². The summed E-state index contributed by atoms with van der Waals surface area (Å²) in [7, 11) is 0. The third-order valence-electron chi connectivity index (χ3n) is 4.99. The van der Waals surface area contributed by atoms with Crippen LogP contribution in [0, 0.1) is 5.92 Å². The van der Waals surface area contributed by atoms with Gasteiger partial charge in [0.25, 0.3) is 0 Å². The van der Waals surface area contributed by atoms with E-state index in [4.69, 9.17) is 9.47 Å². The fourth-order valence-electron chi connectivity index (χ4n) is 3.31. The summed E-state index contributed by atoms with van der Waals surface area (Å²) in [5.74, 6) is 1.82. The average molecular weight is 482 g/mol. The maximum atomic E-state index is 5.69. The van der Waals surface area contributed by atoms with Gasteiger partial charge >= 0.3 is 0 Å². The normalized spacial score (nSPS) is 22.2. The molecule has 2 heterocycles. The number of likely N-dealkylation sites (tertiary alicyclic amines) is 1. The highest BCUT2D eigenvalue weighted by atomic mass is 127. The Labute approximate surface area is 176 Å². The second kappa shape index (κ2) is 14.9. The van der Waals surface area contributed by atoms with Crippen LogP contribution in [0.1, 0.15) is 46.0 Å². The molecule has 0 aliphatic carbocycles. The summed E-state index contributed by atoms with van der Waals surface area (Å²) in [4.78, 5) is 7.19. The van der Waals surface area contributed by atoms with E-state index >= 15 is 0 Å². The van der Waals surface area contributed by atoms with E-state index in [1.807, 2.05) is 0 Å². The molecule has 2 aliphatic rings. The maximum absolute atomic E-state index is 5.69. The molecule has 1 unspecified atom stereocenters. The van der Waals surface area contributed by atoms with Crippen LogP contribution in [0.4, 0.5) is 0 Å². The number of nitrogens with one attached hydrogen (secondary N) is 2. The fraction of sp³-hybridized carbons (Fsp3) is 0.947. The van der Waals surface area contributed by atoms with Crippen LogP contribution in [-0.4, -0.2) is 76.1 Å². The molecule has 26 heavy (non-hydrogen) atoms. The molecule has 154 valence electrons. The Morgan fingerprint density at radius 1 is 1.23 bits per heavy atom. The molecule has 0 spiro atoms. The van der Waals surface area contributed by atoms with Gasteiger partial charge in [-0.3, -0.25) is 4.99 Å². The standard InChI is InChI=1S/C19H38N4O2.HI/c1-3-20-19(22-10-13-23-11-7-17(2)8-12-23)21-9-5-14-24-16-18-6-4-15-25-18;/h17-18H,3-16H2,1-2H3,(H2,20,21,22);1H. The van der Waals surface area contributed by atoms with Crippen molar-refractivity contribution >= 4 is 29.9 Å². The predicted octanol–water partition coefficient (Wildman–Crippen LogP) is 2.48. The lowest BCUT2D eigenvalue weighted by Crippen LogP contribution is -2.43. The van der Waals surface area contributed by atoms with Crippen molar-refractivity contribution in [1.29, 1.82) is 0 Å². The van der Waals surface area contributed by atoms with Gasteiger partial charge in [-0.25, -0.2) is 0 Å². The highest BCUT2D eigenvalue weighted by Crippen LogP contribution is 2.15. The van der Waals surface area contributed by atoms with Gasteiger partial charge in [0, 0.05) is 39.4 Å². The van der Waals surface area contributed by atoms with Crippen LogP contribution in [0.3, 0.4) is 0 Å². The van der Waals surface area contributed by atoms with Gasteiger partial charge in [0.15, 0.2) is 5.96 Å². The van der Waals surface area contributed by atoms with E-state index in [1.165, 1.54) is 32.4 Å². The number of piperidine rings is 1. The molecule has 0 aromatic rings. The minimum Gasteiger partial charge on any atom is -0.379 e. The molecule has 2 N–H and O–H groups in total. The second-order valence-corrected chi connectivity index (χ2v) is 7.28. The van der Waals surface area contributed by atoms with Gasteiger partial charge in [0.1, 0.15) is 0 Å². The van der Waals surface area contributed by atoms with E-state index in [0.29, 0.717) is 6.10 Å². The number of hydrogen-bond acceptors (Lipinski definition) is 4. The van der Waals surface area contributed by atoms with Gasteiger partial charge in [-0.15, -0.1) is 24.0 Å². The van der Waals surface area contributed by atoms with E-state index in [1.54, 1.807) is 0 Å². The molecule has 7 heteroatoms. The van der Waals surface area contributed by atoms with Gasteiger partial charge in [0.2, 0.25) is 0 Å². The molecule has 2 saturated heterocycles. The number of aliphatic imine (C=N–C) groups is 1. The van der Waals surface area contributed by atoms with Crippen LogP contribution in [0.25, 0.3) is 0 Å². The highest BCUT2D eigenvalue weighted by molar-refractivity contribution is 14.0. The number of halogens is 1. The summed E-state index contributed by atoms with van der Waals surface area (Å²) in [6, 6.07) is 0. The largest absolute Gasteiger partial charge is 0.379 e. The van der Waals surface area contributed by atoms with Crippen molar-refractivity contribution in [2.45, 2.75) is 52.1 Å². The van der Waals surface area contributed by atoms with Crippen LogP contribution in [-0.2, 0) is 9.47 Å². The van der Waals surface area contributed by atoms with Crippen molar-refractivity contribution in [1.82, 2.24) is 15.5 Å². The van der Waals surface area contributed by atoms with E-state index in [-0.39, 0.29) is 24.0 Å². The Morgan fingerprint density at radius 3 is 2.73 bits per heavy atom. The summed E-state index contributed by atoms with van der Waals surface area (Å²) in [5, 5.41) is 6.77. The summed E-state index contributed by atoms with van der Waals surface area (Å²) >= 11 is 0. The molecule has 0 saturated carbocycles. The van der Waals surface area contributed by atoms with E-state index in [2.05, 4.69) is 34.4 Å². The lowest BCUT2D eigenvalue weighted by molar-refractivity contribution is 0.0171. The third kappa shape index (κ3) is 10.3. The van der Waals surface area contributed by atoms with Gasteiger partial charge in [-0.05, 0) is 58.0 Å². The summed E-state index contributed by atoms with van der Waals surface area (Å²) < 4.78 is 11.2. The first-order chi connectivity index (χ1) is 12.3. The molecule has 2 aliphatic heterocycles. The summed E-state index contributed by atoms with van der Waals surface area (Å²) in [6.07, 6.45) is 6.25. The van der Waals surface area contributed by atoms with Crippen molar-refractivity contribution in [3.05, 3.63) is 0 Å². The second-order valence-electron chi connectivity index (χ2n) is 7.28. The lowest BCUT2D eigenvalue weighted by atomic mass is 9.99. The zero-order valence-electron chi connectivity index (χ0n) is 16.7. The van der Waals surface area contributed by atoms with E-state index < -0.39 is 0 Å². The van der Waals surface area contributed by atoms with E-state index in [0.717, 1.165) is 70.7 Å². The smallest absolute Gasteiger partial charge is 0.191 e. The molecule has 0 bridgehead atoms. The van der Waals surface area contributed by atoms with Crippen molar-refractivity contribution in [3.63, 3.8) is 0 Å². The zero-order valence-corrected chi connectivity index (χ0v) is 19.0. The minimum atomic E-state index is 0. The van der Waals surface area contributed by atoms with Gasteiger partial charge < -0.3 is 25.0 Å².